The molecule has 4 fully saturated rings. The molecule has 4 aliphatic rings. The number of nitro groups is 1. The van der Waals surface area contributed by atoms with Crippen LogP contribution in [0.4, 0.5) is 11.4 Å². The zero-order chi connectivity index (χ0) is 39.7. The molecule has 11 atom stereocenters. The van der Waals surface area contributed by atoms with Gasteiger partial charge in [0, 0.05) is 25.6 Å². The van der Waals surface area contributed by atoms with Crippen LogP contribution in [0.5, 0.6) is 0 Å². The molecule has 306 valence electrons. The predicted octanol–water partition coefficient (Wildman–Crippen LogP) is 4.61. The third-order valence-electron chi connectivity index (χ3n) is 14.4. The molecule has 16 nitrogen and oxygen atoms in total. The molecule has 1 heterocycles. The minimum Gasteiger partial charge on any atom is -0.393 e. The van der Waals surface area contributed by atoms with Crippen LogP contribution >= 0.6 is 0 Å². The molecule has 6 N–H and O–H groups in total. The van der Waals surface area contributed by atoms with E-state index in [1.165, 1.54) is 12.1 Å². The fourth-order valence-corrected chi connectivity index (χ4v) is 11.9. The van der Waals surface area contributed by atoms with Crippen LogP contribution in [0.3, 0.4) is 0 Å². The van der Waals surface area contributed by atoms with Crippen LogP contribution in [0.15, 0.2) is 16.8 Å². The van der Waals surface area contributed by atoms with Crippen molar-refractivity contribution in [3.8, 4) is 0 Å². The molecule has 2 amide bonds. The molecule has 0 saturated heterocycles. The highest BCUT2D eigenvalue weighted by Gasteiger charge is 2.62. The Labute approximate surface area is 322 Å². The van der Waals surface area contributed by atoms with Gasteiger partial charge in [-0.15, -0.1) is 0 Å². The number of nitrogens with zero attached hydrogens (tertiary/aromatic N) is 3. The summed E-state index contributed by atoms with van der Waals surface area (Å²) in [5, 5.41) is 49.2. The summed E-state index contributed by atoms with van der Waals surface area (Å²) in [5.74, 6) is 0.730. The van der Waals surface area contributed by atoms with Crippen molar-refractivity contribution in [2.75, 3.05) is 24.2 Å². The van der Waals surface area contributed by atoms with Gasteiger partial charge in [-0.1, -0.05) is 20.8 Å². The second-order valence-corrected chi connectivity index (χ2v) is 19.0. The summed E-state index contributed by atoms with van der Waals surface area (Å²) in [6.07, 6.45) is 9.35. The van der Waals surface area contributed by atoms with Crippen LogP contribution in [-0.4, -0.2) is 87.3 Å². The van der Waals surface area contributed by atoms with E-state index in [0.29, 0.717) is 55.2 Å². The van der Waals surface area contributed by atoms with E-state index in [9.17, 15) is 38.3 Å². The summed E-state index contributed by atoms with van der Waals surface area (Å²) in [7, 11) is -4.29. The van der Waals surface area contributed by atoms with Gasteiger partial charge in [0.1, 0.15) is 6.04 Å². The van der Waals surface area contributed by atoms with Crippen LogP contribution in [0, 0.1) is 56.5 Å². The number of benzene rings is 1. The lowest BCUT2D eigenvalue weighted by Gasteiger charge is -2.62. The molecular weight excluding hydrogens is 733 g/mol. The van der Waals surface area contributed by atoms with Crippen molar-refractivity contribution >= 4 is 44.3 Å². The Morgan fingerprint density at radius 3 is 2.47 bits per heavy atom. The first-order chi connectivity index (χ1) is 26.0. The van der Waals surface area contributed by atoms with Gasteiger partial charge in [-0.25, -0.2) is 4.63 Å². The van der Waals surface area contributed by atoms with Crippen molar-refractivity contribution in [1.82, 2.24) is 20.9 Å². The van der Waals surface area contributed by atoms with E-state index in [1.807, 2.05) is 0 Å². The largest absolute Gasteiger partial charge is 0.393 e. The Kier molecular flexibility index (Phi) is 12.4. The number of nitrogens with one attached hydrogen (secondary N) is 3. The van der Waals surface area contributed by atoms with Gasteiger partial charge in [0.25, 0.3) is 10.1 Å². The molecule has 0 bridgehead atoms. The first-order valence-electron chi connectivity index (χ1n) is 20.0. The van der Waals surface area contributed by atoms with Crippen molar-refractivity contribution in [3.05, 3.63) is 22.2 Å². The third-order valence-corrected chi connectivity index (χ3v) is 15.1. The Bertz CT molecular complexity index is 1830. The molecule has 0 aliphatic heterocycles. The Hall–Kier alpha value is -3.41. The monoisotopic (exact) mass is 790 g/mol. The second-order valence-electron chi connectivity index (χ2n) is 17.4. The average Bonchev–Trinajstić information content (AvgIpc) is 3.75. The summed E-state index contributed by atoms with van der Waals surface area (Å²) in [6, 6.07) is 1.91. The summed E-state index contributed by atoms with van der Waals surface area (Å²) in [6.45, 7) is 7.16. The molecule has 0 spiro atoms. The summed E-state index contributed by atoms with van der Waals surface area (Å²) >= 11 is 0. The number of aliphatic hydroxyl groups is 2. The average molecular weight is 791 g/mol. The van der Waals surface area contributed by atoms with E-state index in [4.69, 9.17) is 9.18 Å². The van der Waals surface area contributed by atoms with Gasteiger partial charge in [0.15, 0.2) is 5.52 Å². The Morgan fingerprint density at radius 2 is 1.73 bits per heavy atom. The fraction of sp³-hybridized carbons (Fsp3) is 0.789. The number of rotatable bonds is 16. The van der Waals surface area contributed by atoms with E-state index >= 15 is 0 Å². The third kappa shape index (κ3) is 8.79. The number of amides is 2. The van der Waals surface area contributed by atoms with Crippen molar-refractivity contribution < 1.29 is 42.3 Å². The Balaban J connectivity index is 1.02. The fourth-order valence-electron chi connectivity index (χ4n) is 11.5. The molecule has 1 aromatic heterocycles. The normalized spacial score (nSPS) is 32.8. The number of aliphatic hydroxyl groups excluding tert-OH is 2. The number of non-ortho nitro benzene ring substituents is 1. The molecular formula is C38H58N6O10S. The highest BCUT2D eigenvalue weighted by Crippen LogP contribution is 2.68. The number of carbonyl (C=O) groups is 2. The number of hydrogen-bond donors (Lipinski definition) is 6. The van der Waals surface area contributed by atoms with E-state index in [-0.39, 0.29) is 76.9 Å². The van der Waals surface area contributed by atoms with Crippen LogP contribution < -0.4 is 16.0 Å². The second kappa shape index (κ2) is 16.6. The van der Waals surface area contributed by atoms with Crippen LogP contribution in [0.2, 0.25) is 0 Å². The molecule has 6 rings (SSSR count). The molecule has 4 aliphatic carbocycles. The number of fused-ring (bicyclic) bond motifs is 6. The molecule has 55 heavy (non-hydrogen) atoms. The maximum Gasteiger partial charge on any atom is 0.300 e. The van der Waals surface area contributed by atoms with Crippen molar-refractivity contribution in [2.24, 2.45) is 46.3 Å². The van der Waals surface area contributed by atoms with Gasteiger partial charge >= 0.3 is 5.69 Å². The molecule has 5 unspecified atom stereocenters. The molecule has 1 aromatic carbocycles. The van der Waals surface area contributed by atoms with Crippen LogP contribution in [0.25, 0.3) is 11.0 Å². The van der Waals surface area contributed by atoms with E-state index in [1.54, 1.807) is 0 Å². The van der Waals surface area contributed by atoms with Gasteiger partial charge < -0.3 is 26.2 Å². The van der Waals surface area contributed by atoms with E-state index in [0.717, 1.165) is 51.4 Å². The van der Waals surface area contributed by atoms with Crippen molar-refractivity contribution in [2.45, 2.75) is 122 Å². The minimum absolute atomic E-state index is 0.0277. The van der Waals surface area contributed by atoms with Crippen LogP contribution in [-0.2, 0) is 19.7 Å². The number of anilines is 1. The molecule has 0 radical (unpaired) electrons. The van der Waals surface area contributed by atoms with Gasteiger partial charge in [0.2, 0.25) is 17.3 Å². The summed E-state index contributed by atoms with van der Waals surface area (Å²) in [4.78, 5) is 37.2. The highest BCUT2D eigenvalue weighted by molar-refractivity contribution is 7.85. The molecule has 2 aromatic rings. The van der Waals surface area contributed by atoms with Gasteiger partial charge in [-0.3, -0.25) is 24.3 Å². The SMILES string of the molecule is C[C@H](CCC(=O)N[C@@H](CCCCNc1ccc([N+](=O)[O-])c2nonc12)C(=O)NCCS(=O)(=O)O)C1CCC2C3C(CC[C@@]21C)[C@@]1(C)CC[C@@H](O)CC1C[C@@H]3O. The maximum atomic E-state index is 13.4. The standard InChI is InChI=1S/C38H58N6O10S/c1-22(25-8-9-26-33-27(14-16-38(25,26)3)37(2)15-13-24(45)20-23(37)21-31(33)46)7-12-32(47)41-29(36(48)40-18-19-55(51,52)53)6-4-5-17-39-28-10-11-30(44(49)50)35-34(28)42-54-43-35/h10-11,22-27,29,31,33,39,45-46H,4-9,12-21H2,1-3H3,(H,40,48)(H,41,47)(H,51,52,53)/t22-,23?,24-,25?,26?,27?,29+,31+,33?,37+,38-/m1/s1. The van der Waals surface area contributed by atoms with Gasteiger partial charge in [-0.2, -0.15) is 8.42 Å². The summed E-state index contributed by atoms with van der Waals surface area (Å²) in [5.41, 5.74) is 0.761. The maximum absolute atomic E-state index is 13.4. The zero-order valence-corrected chi connectivity index (χ0v) is 32.9. The van der Waals surface area contributed by atoms with Gasteiger partial charge in [-0.05, 0) is 140 Å². The van der Waals surface area contributed by atoms with Gasteiger partial charge in [0.05, 0.1) is 28.6 Å². The number of carbonyl (C=O) groups excluding carboxylic acids is 2. The topological polar surface area (TPSA) is 247 Å². The first kappa shape index (κ1) is 41.2. The number of hydrogen-bond acceptors (Lipinski definition) is 12. The molecule has 17 heteroatoms. The number of nitro benzene ring substituents is 1. The number of unbranched alkanes of at least 4 members (excludes halogenated alkanes) is 1. The Morgan fingerprint density at radius 1 is 1.00 bits per heavy atom. The van der Waals surface area contributed by atoms with E-state index < -0.39 is 32.7 Å². The first-order valence-corrected chi connectivity index (χ1v) is 21.6. The van der Waals surface area contributed by atoms with Crippen LogP contribution in [0.1, 0.15) is 104 Å². The van der Waals surface area contributed by atoms with Crippen molar-refractivity contribution in [1.29, 1.82) is 0 Å². The zero-order valence-electron chi connectivity index (χ0n) is 32.1. The van der Waals surface area contributed by atoms with E-state index in [2.05, 4.69) is 47.0 Å². The summed E-state index contributed by atoms with van der Waals surface area (Å²) < 4.78 is 36.3. The lowest BCUT2D eigenvalue weighted by Crippen LogP contribution is -2.58. The van der Waals surface area contributed by atoms with Crippen molar-refractivity contribution in [3.63, 3.8) is 0 Å². The predicted molar refractivity (Wildman–Crippen MR) is 203 cm³/mol. The lowest BCUT2D eigenvalue weighted by atomic mass is 9.43. The molecule has 4 saturated carbocycles. The number of aromatic nitrogens is 2. The lowest BCUT2D eigenvalue weighted by molar-refractivity contribution is -0.383. The quantitative estimate of drug-likeness (QED) is 0.0589. The highest BCUT2D eigenvalue weighted by atomic mass is 32.2. The smallest absolute Gasteiger partial charge is 0.300 e. The minimum atomic E-state index is -4.29.